The third-order valence-electron chi connectivity index (χ3n) is 5.20. The molecule has 1 aromatic carbocycles. The van der Waals surface area contributed by atoms with Gasteiger partial charge in [0.05, 0.1) is 25.0 Å². The first-order chi connectivity index (χ1) is 13.2. The van der Waals surface area contributed by atoms with Crippen molar-refractivity contribution in [3.05, 3.63) is 77.4 Å². The first-order valence-electron chi connectivity index (χ1n) is 9.51. The highest BCUT2D eigenvalue weighted by Crippen LogP contribution is 2.32. The van der Waals surface area contributed by atoms with Gasteiger partial charge in [-0.25, -0.2) is 0 Å². The van der Waals surface area contributed by atoms with E-state index in [2.05, 4.69) is 46.5 Å². The van der Waals surface area contributed by atoms with Crippen LogP contribution in [0.15, 0.2) is 54.9 Å². The molecule has 0 N–H and O–H groups in total. The number of likely N-dealkylation sites (tertiary alicyclic amines) is 1. The van der Waals surface area contributed by atoms with Crippen LogP contribution in [0.25, 0.3) is 0 Å². The lowest BCUT2D eigenvalue weighted by Crippen LogP contribution is -2.23. The van der Waals surface area contributed by atoms with Crippen LogP contribution in [-0.4, -0.2) is 33.3 Å². The van der Waals surface area contributed by atoms with Crippen LogP contribution in [0.2, 0.25) is 0 Å². The van der Waals surface area contributed by atoms with Crippen molar-refractivity contribution in [3.63, 3.8) is 0 Å². The smallest absolute Gasteiger partial charge is 0.119 e. The number of benzene rings is 1. The van der Waals surface area contributed by atoms with Crippen LogP contribution < -0.4 is 4.74 Å². The van der Waals surface area contributed by atoms with Crippen molar-refractivity contribution in [1.29, 1.82) is 0 Å². The molecule has 2 aromatic heterocycles. The van der Waals surface area contributed by atoms with Crippen LogP contribution in [-0.2, 0) is 20.0 Å². The van der Waals surface area contributed by atoms with Crippen molar-refractivity contribution in [2.75, 3.05) is 13.7 Å². The summed E-state index contributed by atoms with van der Waals surface area (Å²) in [6.45, 7) is 2.04. The topological polar surface area (TPSA) is 43.2 Å². The summed E-state index contributed by atoms with van der Waals surface area (Å²) in [6, 6.07) is 15.0. The van der Waals surface area contributed by atoms with E-state index in [-0.39, 0.29) is 0 Å². The summed E-state index contributed by atoms with van der Waals surface area (Å²) in [6.07, 6.45) is 7.26. The van der Waals surface area contributed by atoms with Crippen molar-refractivity contribution in [3.8, 4) is 5.75 Å². The Hall–Kier alpha value is -2.66. The third-order valence-corrected chi connectivity index (χ3v) is 5.20. The van der Waals surface area contributed by atoms with Crippen molar-refractivity contribution in [2.24, 2.45) is 7.05 Å². The van der Waals surface area contributed by atoms with Gasteiger partial charge in [-0.2, -0.15) is 5.10 Å². The Bertz CT molecular complexity index is 905. The molecule has 27 heavy (non-hydrogen) atoms. The molecule has 140 valence electrons. The van der Waals surface area contributed by atoms with Gasteiger partial charge < -0.3 is 4.74 Å². The maximum atomic E-state index is 5.34. The Kier molecular flexibility index (Phi) is 5.21. The molecule has 5 heteroatoms. The van der Waals surface area contributed by atoms with Gasteiger partial charge in [0.15, 0.2) is 0 Å². The second kappa shape index (κ2) is 7.92. The van der Waals surface area contributed by atoms with E-state index in [0.717, 1.165) is 37.4 Å². The Morgan fingerprint density at radius 2 is 2.04 bits per heavy atom. The zero-order valence-corrected chi connectivity index (χ0v) is 16.0. The summed E-state index contributed by atoms with van der Waals surface area (Å²) in [5, 5.41) is 4.30. The average molecular weight is 362 g/mol. The number of ether oxygens (including phenoxy) is 1. The number of hydrogen-bond donors (Lipinski definition) is 0. The standard InChI is InChI=1S/C22H26N4O/c1-25-15-18(14-23-25)16-26-11-5-10-22(26)21-9-4-7-19(24-21)12-17-6-3-8-20(13-17)27-2/h3-4,6-9,13-15,22H,5,10-12,16H2,1-2H3/t22-/m1/s1. The van der Waals surface area contributed by atoms with Crippen LogP contribution in [0.3, 0.4) is 0 Å². The molecule has 1 aliphatic heterocycles. The van der Waals surface area contributed by atoms with Gasteiger partial charge in [-0.1, -0.05) is 18.2 Å². The molecule has 3 heterocycles. The van der Waals surface area contributed by atoms with Crippen LogP contribution in [0.5, 0.6) is 5.75 Å². The summed E-state index contributed by atoms with van der Waals surface area (Å²) in [5.41, 5.74) is 4.76. The zero-order valence-electron chi connectivity index (χ0n) is 16.0. The number of rotatable bonds is 6. The molecule has 0 bridgehead atoms. The van der Waals surface area contributed by atoms with E-state index >= 15 is 0 Å². The van der Waals surface area contributed by atoms with Crippen LogP contribution in [0.1, 0.15) is 41.4 Å². The fourth-order valence-corrected chi connectivity index (χ4v) is 3.91. The summed E-state index contributed by atoms with van der Waals surface area (Å²) in [7, 11) is 3.67. The summed E-state index contributed by atoms with van der Waals surface area (Å²) in [5.74, 6) is 0.891. The summed E-state index contributed by atoms with van der Waals surface area (Å²) in [4.78, 5) is 7.52. The van der Waals surface area contributed by atoms with E-state index in [9.17, 15) is 0 Å². The quantitative estimate of drug-likeness (QED) is 0.670. The highest BCUT2D eigenvalue weighted by molar-refractivity contribution is 5.31. The minimum Gasteiger partial charge on any atom is -0.497 e. The van der Waals surface area contributed by atoms with Crippen molar-refractivity contribution >= 4 is 0 Å². The molecule has 0 saturated carbocycles. The number of hydrogen-bond acceptors (Lipinski definition) is 4. The first-order valence-corrected chi connectivity index (χ1v) is 9.51. The van der Waals surface area contributed by atoms with E-state index < -0.39 is 0 Å². The maximum Gasteiger partial charge on any atom is 0.119 e. The lowest BCUT2D eigenvalue weighted by Gasteiger charge is -2.23. The molecule has 1 saturated heterocycles. The van der Waals surface area contributed by atoms with E-state index in [1.54, 1.807) is 7.11 Å². The first kappa shape index (κ1) is 17.7. The van der Waals surface area contributed by atoms with E-state index in [0.29, 0.717) is 6.04 Å². The van der Waals surface area contributed by atoms with E-state index in [1.807, 2.05) is 30.1 Å². The molecule has 1 aliphatic rings. The minimum absolute atomic E-state index is 0.385. The van der Waals surface area contributed by atoms with Gasteiger partial charge in [0.25, 0.3) is 0 Å². The van der Waals surface area contributed by atoms with Gasteiger partial charge in [-0.3, -0.25) is 14.6 Å². The number of aromatic nitrogens is 3. The van der Waals surface area contributed by atoms with Crippen LogP contribution in [0, 0.1) is 0 Å². The molecule has 1 atom stereocenters. The molecule has 0 radical (unpaired) electrons. The molecule has 4 rings (SSSR count). The van der Waals surface area contributed by atoms with Gasteiger partial charge in [0, 0.05) is 37.5 Å². The fourth-order valence-electron chi connectivity index (χ4n) is 3.91. The highest BCUT2D eigenvalue weighted by atomic mass is 16.5. The molecule has 0 unspecified atom stereocenters. The zero-order chi connectivity index (χ0) is 18.6. The Labute approximate surface area is 160 Å². The highest BCUT2D eigenvalue weighted by Gasteiger charge is 2.27. The lowest BCUT2D eigenvalue weighted by molar-refractivity contribution is 0.244. The number of pyridine rings is 1. The number of nitrogens with zero attached hydrogens (tertiary/aromatic N) is 4. The lowest BCUT2D eigenvalue weighted by atomic mass is 10.1. The monoisotopic (exact) mass is 362 g/mol. The largest absolute Gasteiger partial charge is 0.497 e. The molecule has 0 amide bonds. The van der Waals surface area contributed by atoms with Gasteiger partial charge in [0.2, 0.25) is 0 Å². The normalized spacial score (nSPS) is 17.3. The third kappa shape index (κ3) is 4.19. The maximum absolute atomic E-state index is 5.34. The van der Waals surface area contributed by atoms with Crippen molar-refractivity contribution < 1.29 is 4.74 Å². The minimum atomic E-state index is 0.385. The van der Waals surface area contributed by atoms with Gasteiger partial charge in [-0.05, 0) is 49.2 Å². The fraction of sp³-hybridized carbons (Fsp3) is 0.364. The molecular weight excluding hydrogens is 336 g/mol. The number of aryl methyl sites for hydroxylation is 1. The summed E-state index contributed by atoms with van der Waals surface area (Å²) < 4.78 is 7.20. The Morgan fingerprint density at radius 1 is 1.15 bits per heavy atom. The second-order valence-corrected chi connectivity index (χ2v) is 7.23. The second-order valence-electron chi connectivity index (χ2n) is 7.23. The van der Waals surface area contributed by atoms with E-state index in [4.69, 9.17) is 9.72 Å². The van der Waals surface area contributed by atoms with Crippen molar-refractivity contribution in [2.45, 2.75) is 31.8 Å². The molecular formula is C22H26N4O. The molecule has 3 aromatic rings. The molecule has 0 aliphatic carbocycles. The Balaban J connectivity index is 1.50. The SMILES string of the molecule is COc1cccc(Cc2cccc([C@H]3CCCN3Cc3cnn(C)c3)n2)c1. The van der Waals surface area contributed by atoms with Gasteiger partial charge in [-0.15, -0.1) is 0 Å². The van der Waals surface area contributed by atoms with Crippen LogP contribution >= 0.6 is 0 Å². The molecule has 5 nitrogen and oxygen atoms in total. The predicted octanol–water partition coefficient (Wildman–Crippen LogP) is 3.75. The van der Waals surface area contributed by atoms with E-state index in [1.165, 1.54) is 23.2 Å². The van der Waals surface area contributed by atoms with Gasteiger partial charge in [0.1, 0.15) is 5.75 Å². The number of methoxy groups -OCH3 is 1. The average Bonchev–Trinajstić information content (AvgIpc) is 3.31. The van der Waals surface area contributed by atoms with Crippen LogP contribution in [0.4, 0.5) is 0 Å². The predicted molar refractivity (Wildman–Crippen MR) is 106 cm³/mol. The van der Waals surface area contributed by atoms with Crippen molar-refractivity contribution in [1.82, 2.24) is 19.7 Å². The molecule has 0 spiro atoms. The Morgan fingerprint density at radius 3 is 2.85 bits per heavy atom. The summed E-state index contributed by atoms with van der Waals surface area (Å²) >= 11 is 0. The van der Waals surface area contributed by atoms with Gasteiger partial charge >= 0.3 is 0 Å². The molecule has 1 fully saturated rings.